The Morgan fingerprint density at radius 3 is 2.12 bits per heavy atom. The standard InChI is InChI=1S/C18H31N3O2.C2H6/c1-20-9-5-18(13-19,6-10-20)14-21-7-3-15(4-8-21)23-17-11-16(12-17)22-2;1-2/h15-17H,3-12,14H2,1-2H3;1-2H3. The molecule has 3 rings (SSSR count). The zero-order chi connectivity index (χ0) is 18.3. The van der Waals surface area contributed by atoms with Crippen LogP contribution in [0.5, 0.6) is 0 Å². The molecule has 3 fully saturated rings. The summed E-state index contributed by atoms with van der Waals surface area (Å²) in [6.45, 7) is 9.19. The summed E-state index contributed by atoms with van der Waals surface area (Å²) in [6.07, 6.45) is 7.59. The lowest BCUT2D eigenvalue weighted by Crippen LogP contribution is -2.48. The van der Waals surface area contributed by atoms with Gasteiger partial charge in [-0.05, 0) is 58.7 Å². The smallest absolute Gasteiger partial charge is 0.0725 e. The van der Waals surface area contributed by atoms with Gasteiger partial charge in [0.2, 0.25) is 0 Å². The molecule has 0 spiro atoms. The third-order valence-corrected chi connectivity index (χ3v) is 6.01. The van der Waals surface area contributed by atoms with Crippen molar-refractivity contribution in [2.24, 2.45) is 5.41 Å². The fourth-order valence-corrected chi connectivity index (χ4v) is 4.08. The second-order valence-corrected chi connectivity index (χ2v) is 7.76. The van der Waals surface area contributed by atoms with Crippen molar-refractivity contribution in [3.05, 3.63) is 0 Å². The molecule has 0 aromatic heterocycles. The molecule has 0 bridgehead atoms. The number of nitrogens with zero attached hydrogens (tertiary/aromatic N) is 3. The topological polar surface area (TPSA) is 48.7 Å². The lowest BCUT2D eigenvalue weighted by molar-refractivity contribution is -0.127. The zero-order valence-corrected chi connectivity index (χ0v) is 16.7. The summed E-state index contributed by atoms with van der Waals surface area (Å²) < 4.78 is 11.5. The minimum Gasteiger partial charge on any atom is -0.381 e. The van der Waals surface area contributed by atoms with Crippen molar-refractivity contribution >= 4 is 0 Å². The van der Waals surface area contributed by atoms with Gasteiger partial charge >= 0.3 is 0 Å². The van der Waals surface area contributed by atoms with Gasteiger partial charge in [0.1, 0.15) is 0 Å². The van der Waals surface area contributed by atoms with E-state index < -0.39 is 0 Å². The molecule has 1 saturated carbocycles. The molecule has 0 aromatic carbocycles. The van der Waals surface area contributed by atoms with E-state index in [1.165, 1.54) is 0 Å². The van der Waals surface area contributed by atoms with Crippen LogP contribution >= 0.6 is 0 Å². The van der Waals surface area contributed by atoms with E-state index in [9.17, 15) is 5.26 Å². The Hall–Kier alpha value is -0.670. The Morgan fingerprint density at radius 2 is 1.60 bits per heavy atom. The molecule has 144 valence electrons. The lowest BCUT2D eigenvalue weighted by atomic mass is 9.79. The predicted molar refractivity (Wildman–Crippen MR) is 100 cm³/mol. The first-order valence-electron chi connectivity index (χ1n) is 10.1. The molecule has 0 aromatic rings. The van der Waals surface area contributed by atoms with Gasteiger partial charge in [-0.1, -0.05) is 13.8 Å². The van der Waals surface area contributed by atoms with E-state index in [1.54, 1.807) is 7.11 Å². The molecule has 0 amide bonds. The van der Waals surface area contributed by atoms with E-state index in [-0.39, 0.29) is 5.41 Å². The highest BCUT2D eigenvalue weighted by Gasteiger charge is 2.37. The van der Waals surface area contributed by atoms with Crippen molar-refractivity contribution in [3.63, 3.8) is 0 Å². The van der Waals surface area contributed by atoms with Crippen LogP contribution in [0.1, 0.15) is 52.4 Å². The van der Waals surface area contributed by atoms with Crippen LogP contribution in [-0.2, 0) is 9.47 Å². The molecule has 2 aliphatic heterocycles. The van der Waals surface area contributed by atoms with E-state index in [1.807, 2.05) is 13.8 Å². The molecule has 3 aliphatic rings. The van der Waals surface area contributed by atoms with Gasteiger partial charge in [-0.25, -0.2) is 0 Å². The maximum atomic E-state index is 9.69. The van der Waals surface area contributed by atoms with E-state index >= 15 is 0 Å². The summed E-state index contributed by atoms with van der Waals surface area (Å²) in [7, 11) is 3.94. The molecular formula is C20H37N3O2. The number of nitriles is 1. The Balaban J connectivity index is 0.00000109. The average molecular weight is 352 g/mol. The van der Waals surface area contributed by atoms with Crippen molar-refractivity contribution in [3.8, 4) is 6.07 Å². The van der Waals surface area contributed by atoms with Crippen molar-refractivity contribution in [1.29, 1.82) is 5.26 Å². The minimum absolute atomic E-state index is 0.125. The van der Waals surface area contributed by atoms with Crippen LogP contribution in [0.15, 0.2) is 0 Å². The number of hydrogen-bond donors (Lipinski definition) is 0. The highest BCUT2D eigenvalue weighted by Crippen LogP contribution is 2.33. The van der Waals surface area contributed by atoms with Gasteiger partial charge in [-0.2, -0.15) is 5.26 Å². The SMILES string of the molecule is CC.COC1CC(OC2CCN(CC3(C#N)CCN(C)CC3)CC2)C1. The fourth-order valence-electron chi connectivity index (χ4n) is 4.08. The second-order valence-electron chi connectivity index (χ2n) is 7.76. The van der Waals surface area contributed by atoms with Crippen LogP contribution in [0.25, 0.3) is 0 Å². The maximum absolute atomic E-state index is 9.69. The van der Waals surface area contributed by atoms with Crippen molar-refractivity contribution in [1.82, 2.24) is 9.80 Å². The van der Waals surface area contributed by atoms with Gasteiger partial charge in [0.15, 0.2) is 0 Å². The highest BCUT2D eigenvalue weighted by atomic mass is 16.5. The molecule has 5 heteroatoms. The van der Waals surface area contributed by atoms with Gasteiger partial charge < -0.3 is 19.3 Å². The van der Waals surface area contributed by atoms with Gasteiger partial charge in [0.05, 0.1) is 29.8 Å². The zero-order valence-electron chi connectivity index (χ0n) is 16.7. The van der Waals surface area contributed by atoms with E-state index in [4.69, 9.17) is 9.47 Å². The van der Waals surface area contributed by atoms with E-state index in [0.717, 1.165) is 71.2 Å². The van der Waals surface area contributed by atoms with Crippen LogP contribution in [-0.4, -0.2) is 75.0 Å². The van der Waals surface area contributed by atoms with Gasteiger partial charge in [0.25, 0.3) is 0 Å². The first kappa shape index (κ1) is 20.6. The first-order chi connectivity index (χ1) is 12.1. The summed E-state index contributed by atoms with van der Waals surface area (Å²) >= 11 is 0. The Kier molecular flexibility index (Phi) is 8.15. The summed E-state index contributed by atoms with van der Waals surface area (Å²) in [5.74, 6) is 0. The predicted octanol–water partition coefficient (Wildman–Crippen LogP) is 2.91. The van der Waals surface area contributed by atoms with Crippen molar-refractivity contribution < 1.29 is 9.47 Å². The van der Waals surface area contributed by atoms with Gasteiger partial charge in [-0.3, -0.25) is 0 Å². The molecule has 0 atom stereocenters. The number of ether oxygens (including phenoxy) is 2. The minimum atomic E-state index is -0.125. The van der Waals surface area contributed by atoms with Crippen molar-refractivity contribution in [2.75, 3.05) is 46.9 Å². The second kappa shape index (κ2) is 9.87. The largest absolute Gasteiger partial charge is 0.381 e. The third-order valence-electron chi connectivity index (χ3n) is 6.01. The quantitative estimate of drug-likeness (QED) is 0.762. The van der Waals surface area contributed by atoms with Gasteiger partial charge in [0, 0.05) is 26.7 Å². The van der Waals surface area contributed by atoms with E-state index in [0.29, 0.717) is 18.3 Å². The lowest BCUT2D eigenvalue weighted by Gasteiger charge is -2.42. The number of hydrogen-bond acceptors (Lipinski definition) is 5. The van der Waals surface area contributed by atoms with E-state index in [2.05, 4.69) is 22.9 Å². The van der Waals surface area contributed by atoms with Crippen LogP contribution in [0.4, 0.5) is 0 Å². The summed E-state index contributed by atoms with van der Waals surface area (Å²) in [5.41, 5.74) is -0.125. The number of piperidine rings is 2. The summed E-state index contributed by atoms with van der Waals surface area (Å²) in [4.78, 5) is 4.83. The molecule has 2 saturated heterocycles. The molecular weight excluding hydrogens is 314 g/mol. The molecule has 0 N–H and O–H groups in total. The Morgan fingerprint density at radius 1 is 1.00 bits per heavy atom. The van der Waals surface area contributed by atoms with Crippen LogP contribution < -0.4 is 0 Å². The molecule has 2 heterocycles. The number of methoxy groups -OCH3 is 1. The normalized spacial score (nSPS) is 30.7. The van der Waals surface area contributed by atoms with Crippen molar-refractivity contribution in [2.45, 2.75) is 70.7 Å². The maximum Gasteiger partial charge on any atom is 0.0725 e. The third kappa shape index (κ3) is 5.65. The first-order valence-corrected chi connectivity index (χ1v) is 10.1. The summed E-state index contributed by atoms with van der Waals surface area (Å²) in [6, 6.07) is 2.64. The Bertz CT molecular complexity index is 415. The molecule has 25 heavy (non-hydrogen) atoms. The number of likely N-dealkylation sites (tertiary alicyclic amines) is 2. The van der Waals surface area contributed by atoms with Crippen LogP contribution in [0.3, 0.4) is 0 Å². The molecule has 0 radical (unpaired) electrons. The molecule has 1 aliphatic carbocycles. The average Bonchev–Trinajstić information content (AvgIpc) is 2.63. The number of rotatable bonds is 5. The molecule has 5 nitrogen and oxygen atoms in total. The monoisotopic (exact) mass is 351 g/mol. The molecule has 0 unspecified atom stereocenters. The highest BCUT2D eigenvalue weighted by molar-refractivity contribution is 5.04. The van der Waals surface area contributed by atoms with Crippen LogP contribution in [0, 0.1) is 16.7 Å². The van der Waals surface area contributed by atoms with Gasteiger partial charge in [-0.15, -0.1) is 0 Å². The summed E-state index contributed by atoms with van der Waals surface area (Å²) in [5, 5.41) is 9.69. The fraction of sp³-hybridized carbons (Fsp3) is 0.950. The van der Waals surface area contributed by atoms with Crippen LogP contribution in [0.2, 0.25) is 0 Å². The Labute approximate surface area is 154 Å².